The molecule has 0 aliphatic carbocycles. The Kier molecular flexibility index (Phi) is 7.02. The highest BCUT2D eigenvalue weighted by molar-refractivity contribution is 7.99. The molecule has 0 bridgehead atoms. The molecule has 0 atom stereocenters. The normalized spacial score (nSPS) is 11.0. The van der Waals surface area contributed by atoms with Gasteiger partial charge in [-0.1, -0.05) is 25.1 Å². The van der Waals surface area contributed by atoms with E-state index in [0.717, 1.165) is 10.6 Å². The van der Waals surface area contributed by atoms with Gasteiger partial charge in [-0.3, -0.25) is 9.52 Å². The van der Waals surface area contributed by atoms with Crippen LogP contribution in [-0.4, -0.2) is 27.2 Å². The van der Waals surface area contributed by atoms with Crippen molar-refractivity contribution in [2.24, 2.45) is 0 Å². The second-order valence-electron chi connectivity index (χ2n) is 6.25. The van der Waals surface area contributed by atoms with Gasteiger partial charge in [0.2, 0.25) is 0 Å². The SMILES string of the molecule is CCSc1ccccc1C(=O)Nc1ccc(S(=O)(=O)Nc2cccc(OC)c2)cc1. The van der Waals surface area contributed by atoms with Gasteiger partial charge in [-0.25, -0.2) is 8.42 Å². The van der Waals surface area contributed by atoms with E-state index in [2.05, 4.69) is 10.0 Å². The molecule has 0 fully saturated rings. The van der Waals surface area contributed by atoms with Gasteiger partial charge in [-0.15, -0.1) is 11.8 Å². The van der Waals surface area contributed by atoms with Crippen molar-refractivity contribution in [3.63, 3.8) is 0 Å². The summed E-state index contributed by atoms with van der Waals surface area (Å²) in [4.78, 5) is 13.6. The molecular weight excluding hydrogens is 420 g/mol. The maximum Gasteiger partial charge on any atom is 0.261 e. The van der Waals surface area contributed by atoms with Crippen LogP contribution in [-0.2, 0) is 10.0 Å². The van der Waals surface area contributed by atoms with Gasteiger partial charge in [-0.05, 0) is 54.3 Å². The average molecular weight is 443 g/mol. The minimum atomic E-state index is -3.77. The van der Waals surface area contributed by atoms with Gasteiger partial charge >= 0.3 is 0 Å². The van der Waals surface area contributed by atoms with E-state index in [0.29, 0.717) is 22.7 Å². The first kappa shape index (κ1) is 21.7. The molecule has 30 heavy (non-hydrogen) atoms. The molecule has 3 aromatic rings. The predicted molar refractivity (Wildman–Crippen MR) is 121 cm³/mol. The molecule has 6 nitrogen and oxygen atoms in total. The van der Waals surface area contributed by atoms with Crippen LogP contribution in [0.3, 0.4) is 0 Å². The summed E-state index contributed by atoms with van der Waals surface area (Å²) in [6, 6.07) is 20.1. The number of sulfonamides is 1. The average Bonchev–Trinajstić information content (AvgIpc) is 2.74. The molecule has 0 aromatic heterocycles. The number of carbonyl (C=O) groups is 1. The third-order valence-electron chi connectivity index (χ3n) is 4.18. The molecule has 156 valence electrons. The Labute approximate surface area is 180 Å². The van der Waals surface area contributed by atoms with E-state index in [9.17, 15) is 13.2 Å². The lowest BCUT2D eigenvalue weighted by atomic mass is 10.2. The number of ether oxygens (including phenoxy) is 1. The Morgan fingerprint density at radius 2 is 1.70 bits per heavy atom. The van der Waals surface area contributed by atoms with Crippen molar-refractivity contribution in [3.05, 3.63) is 78.4 Å². The molecule has 0 aliphatic heterocycles. The zero-order valence-electron chi connectivity index (χ0n) is 16.6. The second-order valence-corrected chi connectivity index (χ2v) is 9.23. The fraction of sp³-hybridized carbons (Fsp3) is 0.136. The van der Waals surface area contributed by atoms with Gasteiger partial charge in [0.15, 0.2) is 0 Å². The van der Waals surface area contributed by atoms with Crippen LogP contribution >= 0.6 is 11.8 Å². The van der Waals surface area contributed by atoms with Crippen molar-refractivity contribution in [2.75, 3.05) is 22.9 Å². The fourth-order valence-corrected chi connectivity index (χ4v) is 4.60. The van der Waals surface area contributed by atoms with E-state index in [1.807, 2.05) is 25.1 Å². The van der Waals surface area contributed by atoms with Crippen molar-refractivity contribution in [1.29, 1.82) is 0 Å². The molecule has 0 unspecified atom stereocenters. The molecule has 0 saturated heterocycles. The van der Waals surface area contributed by atoms with Crippen molar-refractivity contribution in [2.45, 2.75) is 16.7 Å². The van der Waals surface area contributed by atoms with Gasteiger partial charge in [0.25, 0.3) is 15.9 Å². The molecule has 0 spiro atoms. The van der Waals surface area contributed by atoms with Crippen LogP contribution in [0, 0.1) is 0 Å². The first-order valence-electron chi connectivity index (χ1n) is 9.23. The number of anilines is 2. The van der Waals surface area contributed by atoms with Crippen molar-refractivity contribution < 1.29 is 17.9 Å². The second kappa shape index (κ2) is 9.69. The summed E-state index contributed by atoms with van der Waals surface area (Å²) < 4.78 is 32.9. The van der Waals surface area contributed by atoms with Gasteiger partial charge in [0, 0.05) is 16.6 Å². The lowest BCUT2D eigenvalue weighted by Gasteiger charge is -2.11. The number of methoxy groups -OCH3 is 1. The van der Waals surface area contributed by atoms with Gasteiger partial charge in [-0.2, -0.15) is 0 Å². The van der Waals surface area contributed by atoms with Crippen LogP contribution in [0.15, 0.2) is 82.6 Å². The number of hydrogen-bond acceptors (Lipinski definition) is 5. The first-order chi connectivity index (χ1) is 14.4. The topological polar surface area (TPSA) is 84.5 Å². The van der Waals surface area contributed by atoms with Crippen molar-refractivity contribution in [1.82, 2.24) is 0 Å². The molecule has 3 rings (SSSR count). The largest absolute Gasteiger partial charge is 0.497 e. The Morgan fingerprint density at radius 3 is 2.40 bits per heavy atom. The quantitative estimate of drug-likeness (QED) is 0.487. The Hall–Kier alpha value is -2.97. The van der Waals surface area contributed by atoms with E-state index in [1.54, 1.807) is 54.2 Å². The third-order valence-corrected chi connectivity index (χ3v) is 6.53. The Balaban J connectivity index is 1.73. The fourth-order valence-electron chi connectivity index (χ4n) is 2.75. The molecule has 3 aromatic carbocycles. The van der Waals surface area contributed by atoms with Crippen LogP contribution in [0.4, 0.5) is 11.4 Å². The smallest absolute Gasteiger partial charge is 0.261 e. The van der Waals surface area contributed by atoms with E-state index in [1.165, 1.54) is 19.2 Å². The highest BCUT2D eigenvalue weighted by Crippen LogP contribution is 2.24. The molecule has 8 heteroatoms. The minimum Gasteiger partial charge on any atom is -0.497 e. The number of nitrogens with one attached hydrogen (secondary N) is 2. The molecule has 2 N–H and O–H groups in total. The standard InChI is InChI=1S/C22H22N2O4S2/c1-3-29-21-10-5-4-9-20(21)22(25)23-16-11-13-19(14-12-16)30(26,27)24-17-7-6-8-18(15-17)28-2/h4-15,24H,3H2,1-2H3,(H,23,25). The molecule has 0 aliphatic rings. The van der Waals surface area contributed by atoms with Crippen LogP contribution in [0.25, 0.3) is 0 Å². The summed E-state index contributed by atoms with van der Waals surface area (Å²) >= 11 is 1.59. The lowest BCUT2D eigenvalue weighted by molar-refractivity contribution is 0.102. The van der Waals surface area contributed by atoms with Crippen molar-refractivity contribution in [3.8, 4) is 5.75 Å². The first-order valence-corrected chi connectivity index (χ1v) is 11.7. The summed E-state index contributed by atoms with van der Waals surface area (Å²) in [5.74, 6) is 1.17. The third kappa shape index (κ3) is 5.34. The molecular formula is C22H22N2O4S2. The lowest BCUT2D eigenvalue weighted by Crippen LogP contribution is -2.14. The van der Waals surface area contributed by atoms with Crippen LogP contribution < -0.4 is 14.8 Å². The summed E-state index contributed by atoms with van der Waals surface area (Å²) in [5, 5.41) is 2.82. The molecule has 0 saturated carbocycles. The number of hydrogen-bond donors (Lipinski definition) is 2. The van der Waals surface area contributed by atoms with E-state index < -0.39 is 10.0 Å². The number of amides is 1. The number of benzene rings is 3. The van der Waals surface area contributed by atoms with E-state index in [-0.39, 0.29) is 10.8 Å². The van der Waals surface area contributed by atoms with Crippen LogP contribution in [0.1, 0.15) is 17.3 Å². The zero-order valence-corrected chi connectivity index (χ0v) is 18.2. The maximum atomic E-state index is 12.6. The Bertz CT molecular complexity index is 1130. The maximum absolute atomic E-state index is 12.6. The van der Waals surface area contributed by atoms with Gasteiger partial charge in [0.1, 0.15) is 5.75 Å². The van der Waals surface area contributed by atoms with Gasteiger partial charge in [0.05, 0.1) is 23.3 Å². The number of rotatable bonds is 8. The highest BCUT2D eigenvalue weighted by atomic mass is 32.2. The monoisotopic (exact) mass is 442 g/mol. The summed E-state index contributed by atoms with van der Waals surface area (Å²) in [7, 11) is -2.26. The summed E-state index contributed by atoms with van der Waals surface area (Å²) in [6.45, 7) is 2.03. The van der Waals surface area contributed by atoms with E-state index >= 15 is 0 Å². The summed E-state index contributed by atoms with van der Waals surface area (Å²) in [6.07, 6.45) is 0. The molecule has 1 amide bonds. The van der Waals surface area contributed by atoms with E-state index in [4.69, 9.17) is 4.74 Å². The number of thioether (sulfide) groups is 1. The van der Waals surface area contributed by atoms with Crippen LogP contribution in [0.2, 0.25) is 0 Å². The highest BCUT2D eigenvalue weighted by Gasteiger charge is 2.16. The molecule has 0 radical (unpaired) electrons. The minimum absolute atomic E-state index is 0.0882. The predicted octanol–water partition coefficient (Wildman–Crippen LogP) is 4.86. The number of carbonyl (C=O) groups excluding carboxylic acids is 1. The van der Waals surface area contributed by atoms with Crippen molar-refractivity contribution >= 4 is 39.1 Å². The van der Waals surface area contributed by atoms with Gasteiger partial charge < -0.3 is 10.1 Å². The Morgan fingerprint density at radius 1 is 0.967 bits per heavy atom. The summed E-state index contributed by atoms with van der Waals surface area (Å²) in [5.41, 5.74) is 1.49. The van der Waals surface area contributed by atoms with Crippen LogP contribution in [0.5, 0.6) is 5.75 Å². The zero-order chi connectivity index (χ0) is 21.6. The molecule has 0 heterocycles.